The van der Waals surface area contributed by atoms with Crippen molar-refractivity contribution < 1.29 is 29.2 Å². The standard InChI is InChI=1S/C29H36O6/c1-32-27-14-13-25-26(19-23(11-6-7-16-30)20-28(25)33-2)29(27)35-17-8-12-24(31)15-18-34-21-22-9-4-3-5-10-22/h3-7,9-10,13-14,19-20,24,30-31H,8,11-12,15-18,21H2,1-2H3/b7-6+. The van der Waals surface area contributed by atoms with Gasteiger partial charge < -0.3 is 29.2 Å². The van der Waals surface area contributed by atoms with E-state index in [1.165, 1.54) is 0 Å². The van der Waals surface area contributed by atoms with Crippen LogP contribution in [0.1, 0.15) is 30.4 Å². The van der Waals surface area contributed by atoms with E-state index in [0.717, 1.165) is 27.6 Å². The highest BCUT2D eigenvalue weighted by Crippen LogP contribution is 2.40. The first kappa shape index (κ1) is 26.5. The number of aliphatic hydroxyl groups is 2. The Hall–Kier alpha value is -3.06. The molecule has 0 aliphatic rings. The molecule has 0 fully saturated rings. The molecule has 2 N–H and O–H groups in total. The van der Waals surface area contributed by atoms with Crippen LogP contribution in [-0.4, -0.2) is 50.4 Å². The molecule has 0 aliphatic heterocycles. The summed E-state index contributed by atoms with van der Waals surface area (Å²) in [6.45, 7) is 1.53. The molecule has 3 aromatic carbocycles. The molecule has 0 saturated heterocycles. The van der Waals surface area contributed by atoms with Crippen molar-refractivity contribution in [1.82, 2.24) is 0 Å². The highest BCUT2D eigenvalue weighted by atomic mass is 16.5. The molecule has 0 aromatic heterocycles. The molecule has 188 valence electrons. The van der Waals surface area contributed by atoms with Gasteiger partial charge in [0.1, 0.15) is 5.75 Å². The van der Waals surface area contributed by atoms with Crippen molar-refractivity contribution in [3.05, 3.63) is 77.9 Å². The monoisotopic (exact) mass is 480 g/mol. The number of methoxy groups -OCH3 is 2. The number of hydrogen-bond donors (Lipinski definition) is 2. The second kappa shape index (κ2) is 14.4. The van der Waals surface area contributed by atoms with Gasteiger partial charge in [-0.25, -0.2) is 0 Å². The molecule has 0 bridgehead atoms. The molecule has 6 heteroatoms. The van der Waals surface area contributed by atoms with E-state index in [9.17, 15) is 5.11 Å². The quantitative estimate of drug-likeness (QED) is 0.234. The summed E-state index contributed by atoms with van der Waals surface area (Å²) in [6.07, 6.45) is 5.80. The Morgan fingerprint density at radius 2 is 1.63 bits per heavy atom. The molecule has 0 heterocycles. The van der Waals surface area contributed by atoms with Gasteiger partial charge in [0.25, 0.3) is 0 Å². The molecule has 0 amide bonds. The Bertz CT molecular complexity index is 1060. The average Bonchev–Trinajstić information content (AvgIpc) is 2.89. The van der Waals surface area contributed by atoms with Crippen molar-refractivity contribution in [2.24, 2.45) is 0 Å². The van der Waals surface area contributed by atoms with Gasteiger partial charge in [-0.15, -0.1) is 0 Å². The predicted octanol–water partition coefficient (Wildman–Crippen LogP) is 5.07. The molecule has 3 aromatic rings. The summed E-state index contributed by atoms with van der Waals surface area (Å²) >= 11 is 0. The van der Waals surface area contributed by atoms with Crippen molar-refractivity contribution in [2.75, 3.05) is 34.0 Å². The maximum atomic E-state index is 10.3. The molecule has 0 radical (unpaired) electrons. The number of ether oxygens (including phenoxy) is 4. The molecule has 6 nitrogen and oxygen atoms in total. The molecule has 35 heavy (non-hydrogen) atoms. The van der Waals surface area contributed by atoms with Gasteiger partial charge in [0.05, 0.1) is 40.1 Å². The summed E-state index contributed by atoms with van der Waals surface area (Å²) in [5.74, 6) is 2.07. The smallest absolute Gasteiger partial charge is 0.169 e. The molecular weight excluding hydrogens is 444 g/mol. The van der Waals surface area contributed by atoms with Gasteiger partial charge in [-0.05, 0) is 61.1 Å². The minimum Gasteiger partial charge on any atom is -0.496 e. The average molecular weight is 481 g/mol. The highest BCUT2D eigenvalue weighted by Gasteiger charge is 2.15. The van der Waals surface area contributed by atoms with Gasteiger partial charge in [-0.1, -0.05) is 42.5 Å². The van der Waals surface area contributed by atoms with Gasteiger partial charge >= 0.3 is 0 Å². The van der Waals surface area contributed by atoms with Crippen LogP contribution in [0.2, 0.25) is 0 Å². The first-order valence-corrected chi connectivity index (χ1v) is 12.0. The maximum Gasteiger partial charge on any atom is 0.169 e. The fraction of sp³-hybridized carbons (Fsp3) is 0.379. The first-order valence-electron chi connectivity index (χ1n) is 12.0. The number of hydrogen-bond acceptors (Lipinski definition) is 6. The minimum atomic E-state index is -0.436. The zero-order chi connectivity index (χ0) is 24.9. The summed E-state index contributed by atoms with van der Waals surface area (Å²) in [6, 6.07) is 17.9. The number of aliphatic hydroxyl groups excluding tert-OH is 2. The second-order valence-corrected chi connectivity index (χ2v) is 8.32. The summed E-state index contributed by atoms with van der Waals surface area (Å²) in [5.41, 5.74) is 2.17. The lowest BCUT2D eigenvalue weighted by molar-refractivity contribution is 0.0674. The van der Waals surface area contributed by atoms with E-state index < -0.39 is 6.10 Å². The molecule has 3 rings (SSSR count). The SMILES string of the molecule is COc1ccc2c(OC)cc(C/C=C/CO)cc2c1OCCCC(O)CCOCc1ccccc1. The summed E-state index contributed by atoms with van der Waals surface area (Å²) in [5, 5.41) is 21.2. The molecule has 0 aliphatic carbocycles. The van der Waals surface area contributed by atoms with Crippen LogP contribution in [0.25, 0.3) is 10.8 Å². The van der Waals surface area contributed by atoms with Crippen LogP contribution in [0.4, 0.5) is 0 Å². The lowest BCUT2D eigenvalue weighted by atomic mass is 10.0. The van der Waals surface area contributed by atoms with Crippen LogP contribution >= 0.6 is 0 Å². The van der Waals surface area contributed by atoms with Crippen molar-refractivity contribution in [2.45, 2.75) is 38.4 Å². The fourth-order valence-electron chi connectivity index (χ4n) is 3.92. The van der Waals surface area contributed by atoms with Gasteiger partial charge in [0.2, 0.25) is 0 Å². The van der Waals surface area contributed by atoms with Crippen LogP contribution in [0.5, 0.6) is 17.2 Å². The van der Waals surface area contributed by atoms with E-state index in [-0.39, 0.29) is 6.61 Å². The Morgan fingerprint density at radius 3 is 2.37 bits per heavy atom. The molecule has 0 spiro atoms. The van der Waals surface area contributed by atoms with Crippen LogP contribution in [0.3, 0.4) is 0 Å². The zero-order valence-electron chi connectivity index (χ0n) is 20.6. The Kier molecular flexibility index (Phi) is 10.9. The molecule has 1 atom stereocenters. The maximum absolute atomic E-state index is 10.3. The van der Waals surface area contributed by atoms with Crippen LogP contribution in [0, 0.1) is 0 Å². The third-order valence-corrected chi connectivity index (χ3v) is 5.77. The third kappa shape index (κ3) is 7.99. The normalized spacial score (nSPS) is 12.2. The van der Waals surface area contributed by atoms with Crippen molar-refractivity contribution in [3.8, 4) is 17.2 Å². The summed E-state index contributed by atoms with van der Waals surface area (Å²) in [7, 11) is 3.27. The Balaban J connectivity index is 1.57. The number of fused-ring (bicyclic) bond motifs is 1. The lowest BCUT2D eigenvalue weighted by Gasteiger charge is -2.17. The van der Waals surface area contributed by atoms with E-state index in [4.69, 9.17) is 24.1 Å². The Morgan fingerprint density at radius 1 is 0.829 bits per heavy atom. The summed E-state index contributed by atoms with van der Waals surface area (Å²) in [4.78, 5) is 0. The van der Waals surface area contributed by atoms with Crippen LogP contribution < -0.4 is 14.2 Å². The van der Waals surface area contributed by atoms with Crippen molar-refractivity contribution in [1.29, 1.82) is 0 Å². The molecule has 1 unspecified atom stereocenters. The fourth-order valence-corrected chi connectivity index (χ4v) is 3.92. The van der Waals surface area contributed by atoms with Crippen molar-refractivity contribution in [3.63, 3.8) is 0 Å². The third-order valence-electron chi connectivity index (χ3n) is 5.77. The topological polar surface area (TPSA) is 77.4 Å². The largest absolute Gasteiger partial charge is 0.496 e. The van der Waals surface area contributed by atoms with Crippen molar-refractivity contribution >= 4 is 10.8 Å². The van der Waals surface area contributed by atoms with E-state index in [0.29, 0.717) is 57.0 Å². The van der Waals surface area contributed by atoms with E-state index >= 15 is 0 Å². The second-order valence-electron chi connectivity index (χ2n) is 8.32. The minimum absolute atomic E-state index is 0.0118. The Labute approximate surface area is 207 Å². The highest BCUT2D eigenvalue weighted by molar-refractivity contribution is 5.95. The van der Waals surface area contributed by atoms with Crippen LogP contribution in [0.15, 0.2) is 66.7 Å². The van der Waals surface area contributed by atoms with E-state index in [1.807, 2.05) is 54.6 Å². The summed E-state index contributed by atoms with van der Waals surface area (Å²) < 4.78 is 23.0. The van der Waals surface area contributed by atoms with Gasteiger partial charge in [0, 0.05) is 17.4 Å². The lowest BCUT2D eigenvalue weighted by Crippen LogP contribution is -2.12. The molecule has 0 saturated carbocycles. The number of benzene rings is 3. The van der Waals surface area contributed by atoms with Crippen LogP contribution in [-0.2, 0) is 17.8 Å². The van der Waals surface area contributed by atoms with Gasteiger partial charge in [0.15, 0.2) is 11.5 Å². The van der Waals surface area contributed by atoms with E-state index in [2.05, 4.69) is 6.07 Å². The predicted molar refractivity (Wildman–Crippen MR) is 138 cm³/mol. The number of allylic oxidation sites excluding steroid dienone is 1. The first-order chi connectivity index (χ1) is 17.2. The molecular formula is C29H36O6. The van der Waals surface area contributed by atoms with Gasteiger partial charge in [-0.2, -0.15) is 0 Å². The van der Waals surface area contributed by atoms with E-state index in [1.54, 1.807) is 20.3 Å². The van der Waals surface area contributed by atoms with Gasteiger partial charge in [-0.3, -0.25) is 0 Å². The number of rotatable bonds is 15. The zero-order valence-corrected chi connectivity index (χ0v) is 20.6.